The zero-order valence-electron chi connectivity index (χ0n) is 16.0. The molecule has 26 heavy (non-hydrogen) atoms. The SMILES string of the molecule is CCCCCCCC(Br)OC(=O)[C@@H](C)c1ccc2cc(OC)ccc2c1. The van der Waals surface area contributed by atoms with E-state index in [9.17, 15) is 4.79 Å². The summed E-state index contributed by atoms with van der Waals surface area (Å²) in [4.78, 5) is 12.5. The lowest BCUT2D eigenvalue weighted by Gasteiger charge is -2.16. The molecule has 2 rings (SSSR count). The van der Waals surface area contributed by atoms with Crippen LogP contribution >= 0.6 is 15.9 Å². The highest BCUT2D eigenvalue weighted by atomic mass is 79.9. The van der Waals surface area contributed by atoms with Crippen molar-refractivity contribution in [1.29, 1.82) is 0 Å². The first-order chi connectivity index (χ1) is 12.5. The van der Waals surface area contributed by atoms with Gasteiger partial charge in [-0.3, -0.25) is 4.79 Å². The molecule has 0 saturated carbocycles. The maximum Gasteiger partial charge on any atom is 0.314 e. The van der Waals surface area contributed by atoms with E-state index in [1.165, 1.54) is 25.7 Å². The van der Waals surface area contributed by atoms with Gasteiger partial charge in [-0.25, -0.2) is 0 Å². The Labute approximate surface area is 165 Å². The predicted molar refractivity (Wildman–Crippen MR) is 111 cm³/mol. The first-order valence-corrected chi connectivity index (χ1v) is 10.4. The lowest BCUT2D eigenvalue weighted by atomic mass is 9.98. The van der Waals surface area contributed by atoms with E-state index in [4.69, 9.17) is 9.47 Å². The zero-order chi connectivity index (χ0) is 18.9. The van der Waals surface area contributed by atoms with Crippen molar-refractivity contribution in [2.45, 2.75) is 63.3 Å². The monoisotopic (exact) mass is 420 g/mol. The van der Waals surface area contributed by atoms with E-state index in [1.54, 1.807) is 7.11 Å². The van der Waals surface area contributed by atoms with E-state index >= 15 is 0 Å². The third-order valence-electron chi connectivity index (χ3n) is 4.70. The Morgan fingerprint density at radius 1 is 1.04 bits per heavy atom. The number of alkyl halides is 1. The van der Waals surface area contributed by atoms with Crippen LogP contribution in [0.3, 0.4) is 0 Å². The van der Waals surface area contributed by atoms with Gasteiger partial charge in [-0.1, -0.05) is 56.9 Å². The van der Waals surface area contributed by atoms with Crippen molar-refractivity contribution in [3.63, 3.8) is 0 Å². The molecule has 0 aliphatic heterocycles. The van der Waals surface area contributed by atoms with E-state index < -0.39 is 0 Å². The van der Waals surface area contributed by atoms with Crippen LogP contribution in [0.1, 0.15) is 63.9 Å². The number of rotatable bonds is 10. The molecule has 0 aromatic heterocycles. The highest BCUT2D eigenvalue weighted by molar-refractivity contribution is 9.09. The van der Waals surface area contributed by atoms with Crippen LogP contribution in [0.4, 0.5) is 0 Å². The van der Waals surface area contributed by atoms with E-state index in [0.717, 1.165) is 34.9 Å². The van der Waals surface area contributed by atoms with Gasteiger partial charge in [0, 0.05) is 0 Å². The number of fused-ring (bicyclic) bond motifs is 1. The Hall–Kier alpha value is -1.55. The third kappa shape index (κ3) is 6.01. The van der Waals surface area contributed by atoms with Crippen molar-refractivity contribution < 1.29 is 14.3 Å². The van der Waals surface area contributed by atoms with Crippen LogP contribution in [-0.2, 0) is 9.53 Å². The van der Waals surface area contributed by atoms with Gasteiger partial charge in [0.1, 0.15) is 5.75 Å². The van der Waals surface area contributed by atoms with E-state index in [-0.39, 0.29) is 16.9 Å². The van der Waals surface area contributed by atoms with Crippen molar-refractivity contribution in [2.75, 3.05) is 7.11 Å². The maximum absolute atomic E-state index is 12.5. The van der Waals surface area contributed by atoms with Crippen molar-refractivity contribution in [2.24, 2.45) is 0 Å². The topological polar surface area (TPSA) is 35.5 Å². The standard InChI is InChI=1S/C22H29BrO3/c1-4-5-6-7-8-9-21(23)26-22(24)16(2)17-10-11-19-15-20(25-3)13-12-18(19)14-17/h10-16,21H,4-9H2,1-3H3/t16-,21?/m0/s1. The van der Waals surface area contributed by atoms with Gasteiger partial charge in [0.05, 0.1) is 13.0 Å². The molecular formula is C22H29BrO3. The summed E-state index contributed by atoms with van der Waals surface area (Å²) in [5.74, 6) is 0.355. The van der Waals surface area contributed by atoms with Crippen LogP contribution in [0.5, 0.6) is 5.75 Å². The molecule has 2 aromatic rings. The Kier molecular flexibility index (Phi) is 8.43. The summed E-state index contributed by atoms with van der Waals surface area (Å²) in [5, 5.41) is 1.98. The largest absolute Gasteiger partial charge is 0.497 e. The van der Waals surface area contributed by atoms with Gasteiger partial charge in [0.25, 0.3) is 0 Å². The number of esters is 1. The number of carbonyl (C=O) groups is 1. The number of benzene rings is 2. The molecule has 3 nitrogen and oxygen atoms in total. The number of ether oxygens (including phenoxy) is 2. The molecule has 0 radical (unpaired) electrons. The number of halogens is 1. The number of carbonyl (C=O) groups excluding carboxylic acids is 1. The van der Waals surface area contributed by atoms with Crippen LogP contribution in [0, 0.1) is 0 Å². The molecule has 2 aromatic carbocycles. The molecule has 0 aliphatic rings. The summed E-state index contributed by atoms with van der Waals surface area (Å²) in [6.07, 6.45) is 6.90. The van der Waals surface area contributed by atoms with Crippen molar-refractivity contribution in [3.05, 3.63) is 42.0 Å². The van der Waals surface area contributed by atoms with Crippen LogP contribution in [-0.4, -0.2) is 18.1 Å². The molecule has 1 unspecified atom stereocenters. The van der Waals surface area contributed by atoms with E-state index in [1.807, 2.05) is 37.3 Å². The molecular weight excluding hydrogens is 392 g/mol. The summed E-state index contributed by atoms with van der Waals surface area (Å²) in [7, 11) is 1.66. The van der Waals surface area contributed by atoms with E-state index in [2.05, 4.69) is 28.9 Å². The van der Waals surface area contributed by atoms with Gasteiger partial charge < -0.3 is 9.47 Å². The third-order valence-corrected chi connectivity index (χ3v) is 5.35. The molecule has 2 atom stereocenters. The number of unbranched alkanes of at least 4 members (excludes halogenated alkanes) is 4. The molecule has 0 fully saturated rings. The second-order valence-electron chi connectivity index (χ2n) is 6.74. The van der Waals surface area contributed by atoms with Gasteiger partial charge in [0.15, 0.2) is 5.01 Å². The first kappa shape index (κ1) is 20.8. The van der Waals surface area contributed by atoms with Gasteiger partial charge in [-0.2, -0.15) is 0 Å². The van der Waals surface area contributed by atoms with Crippen molar-refractivity contribution in [3.8, 4) is 5.75 Å². The predicted octanol–water partition coefficient (Wildman–Crippen LogP) is 6.58. The smallest absolute Gasteiger partial charge is 0.314 e. The Bertz CT molecular complexity index is 714. The summed E-state index contributed by atoms with van der Waals surface area (Å²) >= 11 is 3.49. The number of hydrogen-bond donors (Lipinski definition) is 0. The quantitative estimate of drug-likeness (QED) is 0.247. The average Bonchev–Trinajstić information content (AvgIpc) is 2.66. The van der Waals surface area contributed by atoms with Gasteiger partial charge in [0.2, 0.25) is 0 Å². The minimum absolute atomic E-state index is 0.187. The highest BCUT2D eigenvalue weighted by Crippen LogP contribution is 2.26. The molecule has 4 heteroatoms. The van der Waals surface area contributed by atoms with Crippen molar-refractivity contribution in [1.82, 2.24) is 0 Å². The van der Waals surface area contributed by atoms with Crippen LogP contribution < -0.4 is 4.74 Å². The minimum atomic E-state index is -0.290. The molecule has 142 valence electrons. The van der Waals surface area contributed by atoms with Crippen LogP contribution in [0.2, 0.25) is 0 Å². The second-order valence-corrected chi connectivity index (χ2v) is 7.77. The first-order valence-electron chi connectivity index (χ1n) is 9.47. The fraction of sp³-hybridized carbons (Fsp3) is 0.500. The van der Waals surface area contributed by atoms with Crippen LogP contribution in [0.15, 0.2) is 36.4 Å². The lowest BCUT2D eigenvalue weighted by molar-refractivity contribution is -0.146. The Morgan fingerprint density at radius 3 is 2.46 bits per heavy atom. The molecule has 0 bridgehead atoms. The summed E-state index contributed by atoms with van der Waals surface area (Å²) < 4.78 is 10.8. The Balaban J connectivity index is 1.91. The van der Waals surface area contributed by atoms with Gasteiger partial charge in [-0.15, -0.1) is 0 Å². The summed E-state index contributed by atoms with van der Waals surface area (Å²) in [6, 6.07) is 12.0. The van der Waals surface area contributed by atoms with Gasteiger partial charge >= 0.3 is 5.97 Å². The Morgan fingerprint density at radius 2 is 1.73 bits per heavy atom. The molecule has 0 saturated heterocycles. The fourth-order valence-corrected chi connectivity index (χ4v) is 3.48. The van der Waals surface area contributed by atoms with Crippen molar-refractivity contribution >= 4 is 32.7 Å². The zero-order valence-corrected chi connectivity index (χ0v) is 17.6. The summed E-state index contributed by atoms with van der Waals surface area (Å²) in [6.45, 7) is 4.10. The van der Waals surface area contributed by atoms with Gasteiger partial charge in [-0.05, 0) is 64.2 Å². The molecule has 0 N–H and O–H groups in total. The molecule has 0 amide bonds. The maximum atomic E-state index is 12.5. The minimum Gasteiger partial charge on any atom is -0.497 e. The number of hydrogen-bond acceptors (Lipinski definition) is 3. The highest BCUT2D eigenvalue weighted by Gasteiger charge is 2.20. The fourth-order valence-electron chi connectivity index (χ4n) is 2.97. The molecule has 0 aliphatic carbocycles. The molecule has 0 spiro atoms. The average molecular weight is 421 g/mol. The normalized spacial score (nSPS) is 13.4. The summed E-state index contributed by atoms with van der Waals surface area (Å²) in [5.41, 5.74) is 0.968. The lowest BCUT2D eigenvalue weighted by Crippen LogP contribution is -2.18. The number of methoxy groups -OCH3 is 1. The molecule has 0 heterocycles. The van der Waals surface area contributed by atoms with E-state index in [0.29, 0.717) is 0 Å². The van der Waals surface area contributed by atoms with Crippen LogP contribution in [0.25, 0.3) is 10.8 Å². The second kappa shape index (κ2) is 10.6.